The first-order valence-electron chi connectivity index (χ1n) is 4.62. The first-order chi connectivity index (χ1) is 7.49. The van der Waals surface area contributed by atoms with Crippen LogP contribution in [0.15, 0.2) is 21.7 Å². The minimum atomic E-state index is -0.536. The molecule has 2 aromatic rings. The summed E-state index contributed by atoms with van der Waals surface area (Å²) in [5.41, 5.74) is 0.209. The average molecular weight is 240 g/mol. The Hall–Kier alpha value is -1.75. The second-order valence-electron chi connectivity index (χ2n) is 3.65. The molecule has 0 saturated carbocycles. The summed E-state index contributed by atoms with van der Waals surface area (Å²) >= 11 is 6.03. The van der Waals surface area contributed by atoms with Gasteiger partial charge in [-0.25, -0.2) is 4.79 Å². The molecule has 0 aliphatic heterocycles. The van der Waals surface area contributed by atoms with Gasteiger partial charge in [-0.3, -0.25) is 9.78 Å². The SMILES string of the molecule is CN(C)c1cc2c(=O)[nH]c(=O)[nH]c2cc1Cl. The van der Waals surface area contributed by atoms with Crippen LogP contribution in [0, 0.1) is 0 Å². The molecule has 0 atom stereocenters. The number of anilines is 1. The van der Waals surface area contributed by atoms with Crippen LogP contribution >= 0.6 is 11.6 Å². The zero-order valence-electron chi connectivity index (χ0n) is 8.80. The highest BCUT2D eigenvalue weighted by molar-refractivity contribution is 6.34. The van der Waals surface area contributed by atoms with Crippen LogP contribution in [0.2, 0.25) is 5.02 Å². The van der Waals surface area contributed by atoms with E-state index in [-0.39, 0.29) is 0 Å². The van der Waals surface area contributed by atoms with Gasteiger partial charge in [0, 0.05) is 14.1 Å². The molecule has 2 rings (SSSR count). The van der Waals surface area contributed by atoms with Crippen molar-refractivity contribution in [3.05, 3.63) is 38.0 Å². The number of aromatic amines is 2. The Morgan fingerprint density at radius 1 is 1.19 bits per heavy atom. The Kier molecular flexibility index (Phi) is 2.47. The molecule has 0 amide bonds. The topological polar surface area (TPSA) is 69.0 Å². The number of nitrogens with one attached hydrogen (secondary N) is 2. The van der Waals surface area contributed by atoms with Crippen LogP contribution < -0.4 is 16.1 Å². The fourth-order valence-corrected chi connectivity index (χ4v) is 1.85. The van der Waals surface area contributed by atoms with E-state index in [2.05, 4.69) is 9.97 Å². The van der Waals surface area contributed by atoms with Gasteiger partial charge in [-0.2, -0.15) is 0 Å². The summed E-state index contributed by atoms with van der Waals surface area (Å²) in [5.74, 6) is 0. The number of H-pyrrole nitrogens is 2. The van der Waals surface area contributed by atoms with Crippen LogP contribution in [0.1, 0.15) is 0 Å². The van der Waals surface area contributed by atoms with Crippen molar-refractivity contribution in [1.82, 2.24) is 9.97 Å². The molecule has 0 aliphatic rings. The third-order valence-corrected chi connectivity index (χ3v) is 2.59. The highest BCUT2D eigenvalue weighted by Gasteiger charge is 2.08. The first kappa shape index (κ1) is 10.8. The third kappa shape index (κ3) is 1.69. The molecule has 1 aromatic carbocycles. The molecule has 1 aromatic heterocycles. The smallest absolute Gasteiger partial charge is 0.326 e. The van der Waals surface area contributed by atoms with Crippen LogP contribution in [-0.2, 0) is 0 Å². The summed E-state index contributed by atoms with van der Waals surface area (Å²) in [7, 11) is 3.65. The molecule has 0 aliphatic carbocycles. The largest absolute Gasteiger partial charge is 0.376 e. The fraction of sp³-hybridized carbons (Fsp3) is 0.200. The molecule has 1 heterocycles. The lowest BCUT2D eigenvalue weighted by Gasteiger charge is -2.14. The van der Waals surface area contributed by atoms with Crippen molar-refractivity contribution in [2.75, 3.05) is 19.0 Å². The van der Waals surface area contributed by atoms with Crippen LogP contribution in [0.4, 0.5) is 5.69 Å². The van der Waals surface area contributed by atoms with Crippen LogP contribution in [-0.4, -0.2) is 24.1 Å². The summed E-state index contributed by atoms with van der Waals surface area (Å²) in [6.45, 7) is 0. The molecule has 0 unspecified atom stereocenters. The maximum atomic E-state index is 11.5. The van der Waals surface area contributed by atoms with E-state index >= 15 is 0 Å². The van der Waals surface area contributed by atoms with Crippen LogP contribution in [0.25, 0.3) is 10.9 Å². The van der Waals surface area contributed by atoms with Crippen molar-refractivity contribution in [3.63, 3.8) is 0 Å². The Balaban J connectivity index is 2.90. The summed E-state index contributed by atoms with van der Waals surface area (Å²) in [6.07, 6.45) is 0. The quantitative estimate of drug-likeness (QED) is 0.778. The highest BCUT2D eigenvalue weighted by atomic mass is 35.5. The van der Waals surface area contributed by atoms with Crippen molar-refractivity contribution in [3.8, 4) is 0 Å². The van der Waals surface area contributed by atoms with Gasteiger partial charge >= 0.3 is 5.69 Å². The van der Waals surface area contributed by atoms with Gasteiger partial charge in [0.2, 0.25) is 0 Å². The normalized spacial score (nSPS) is 10.7. The Labute approximate surface area is 95.7 Å². The predicted molar refractivity (Wildman–Crippen MR) is 64.5 cm³/mol. The number of aromatic nitrogens is 2. The van der Waals surface area contributed by atoms with E-state index in [4.69, 9.17) is 11.6 Å². The van der Waals surface area contributed by atoms with Crippen molar-refractivity contribution in [2.45, 2.75) is 0 Å². The van der Waals surface area contributed by atoms with E-state index in [1.807, 2.05) is 14.1 Å². The summed E-state index contributed by atoms with van der Waals surface area (Å²) in [4.78, 5) is 29.1. The third-order valence-electron chi connectivity index (χ3n) is 2.29. The molecule has 2 N–H and O–H groups in total. The summed E-state index contributed by atoms with van der Waals surface area (Å²) in [5, 5.41) is 0.895. The van der Waals surface area contributed by atoms with Crippen molar-refractivity contribution in [2.24, 2.45) is 0 Å². The Morgan fingerprint density at radius 3 is 2.50 bits per heavy atom. The van der Waals surface area contributed by atoms with Gasteiger partial charge in [0.1, 0.15) is 0 Å². The molecule has 0 bridgehead atoms. The number of hydrogen-bond donors (Lipinski definition) is 2. The molecule has 0 saturated heterocycles. The van der Waals surface area contributed by atoms with Gasteiger partial charge < -0.3 is 9.88 Å². The first-order valence-corrected chi connectivity index (χ1v) is 5.00. The molecule has 84 valence electrons. The molecular weight excluding hydrogens is 230 g/mol. The maximum Gasteiger partial charge on any atom is 0.326 e. The number of halogens is 1. The monoisotopic (exact) mass is 239 g/mol. The van der Waals surface area contributed by atoms with Crippen LogP contribution in [0.3, 0.4) is 0 Å². The van der Waals surface area contributed by atoms with Crippen LogP contribution in [0.5, 0.6) is 0 Å². The minimum Gasteiger partial charge on any atom is -0.376 e. The van der Waals surface area contributed by atoms with E-state index in [0.29, 0.717) is 15.9 Å². The van der Waals surface area contributed by atoms with Gasteiger partial charge in [-0.1, -0.05) is 11.6 Å². The lowest BCUT2D eigenvalue weighted by molar-refractivity contribution is 1.08. The molecule has 6 heteroatoms. The molecule has 0 spiro atoms. The number of benzene rings is 1. The minimum absolute atomic E-state index is 0.410. The van der Waals surface area contributed by atoms with E-state index in [1.54, 1.807) is 17.0 Å². The Bertz CT molecular complexity index is 657. The number of nitrogens with zero attached hydrogens (tertiary/aromatic N) is 1. The van der Waals surface area contributed by atoms with Gasteiger partial charge in [-0.05, 0) is 12.1 Å². The second-order valence-corrected chi connectivity index (χ2v) is 4.06. The fourth-order valence-electron chi connectivity index (χ4n) is 1.52. The number of rotatable bonds is 1. The lowest BCUT2D eigenvalue weighted by atomic mass is 10.2. The van der Waals surface area contributed by atoms with E-state index in [0.717, 1.165) is 5.69 Å². The van der Waals surface area contributed by atoms with Gasteiger partial charge in [-0.15, -0.1) is 0 Å². The zero-order chi connectivity index (χ0) is 11.9. The standard InChI is InChI=1S/C10H10ClN3O2/c1-14(2)8-3-5-7(4-6(8)11)12-10(16)13-9(5)15/h3-4H,1-2H3,(H2,12,13,15,16). The predicted octanol–water partition coefficient (Wildman–Crippen LogP) is 0.936. The van der Waals surface area contributed by atoms with E-state index in [1.165, 1.54) is 0 Å². The molecule has 16 heavy (non-hydrogen) atoms. The van der Waals surface area contributed by atoms with Gasteiger partial charge in [0.05, 0.1) is 21.6 Å². The van der Waals surface area contributed by atoms with Crippen molar-refractivity contribution >= 4 is 28.2 Å². The van der Waals surface area contributed by atoms with E-state index in [9.17, 15) is 9.59 Å². The maximum absolute atomic E-state index is 11.5. The number of hydrogen-bond acceptors (Lipinski definition) is 3. The summed E-state index contributed by atoms with van der Waals surface area (Å²) in [6, 6.07) is 3.22. The Morgan fingerprint density at radius 2 is 1.88 bits per heavy atom. The van der Waals surface area contributed by atoms with E-state index < -0.39 is 11.2 Å². The molecule has 0 fully saturated rings. The average Bonchev–Trinajstić information content (AvgIpc) is 2.15. The number of fused-ring (bicyclic) bond motifs is 1. The van der Waals surface area contributed by atoms with Gasteiger partial charge in [0.25, 0.3) is 5.56 Å². The summed E-state index contributed by atoms with van der Waals surface area (Å²) < 4.78 is 0. The molecule has 0 radical (unpaired) electrons. The van der Waals surface area contributed by atoms with Crippen molar-refractivity contribution < 1.29 is 0 Å². The molecule has 5 nitrogen and oxygen atoms in total. The molecular formula is C10H10ClN3O2. The second kappa shape index (κ2) is 3.68. The highest BCUT2D eigenvalue weighted by Crippen LogP contribution is 2.26. The zero-order valence-corrected chi connectivity index (χ0v) is 9.55. The van der Waals surface area contributed by atoms with Crippen molar-refractivity contribution in [1.29, 1.82) is 0 Å². The van der Waals surface area contributed by atoms with Gasteiger partial charge in [0.15, 0.2) is 0 Å². The lowest BCUT2D eigenvalue weighted by Crippen LogP contribution is -2.22.